The van der Waals surface area contributed by atoms with Crippen LogP contribution < -0.4 is 26.0 Å². The van der Waals surface area contributed by atoms with Crippen LogP contribution in [-0.2, 0) is 24.2 Å². The van der Waals surface area contributed by atoms with Crippen LogP contribution in [0.25, 0.3) is 0 Å². The van der Waals surface area contributed by atoms with Gasteiger partial charge in [-0.25, -0.2) is 8.42 Å². The van der Waals surface area contributed by atoms with E-state index in [1.54, 1.807) is 30.3 Å². The molecule has 0 saturated heterocycles. The highest BCUT2D eigenvalue weighted by Crippen LogP contribution is 2.47. The molecule has 3 aromatic rings. The monoisotopic (exact) mass is 696 g/mol. The van der Waals surface area contributed by atoms with E-state index < -0.39 is 58.3 Å². The van der Waals surface area contributed by atoms with E-state index in [2.05, 4.69) is 22.5 Å². The van der Waals surface area contributed by atoms with Gasteiger partial charge >= 0.3 is 0 Å². The highest BCUT2D eigenvalue weighted by molar-refractivity contribution is 7.98. The van der Waals surface area contributed by atoms with Gasteiger partial charge in [-0.15, -0.1) is 11.8 Å². The van der Waals surface area contributed by atoms with Crippen molar-refractivity contribution < 1.29 is 32.6 Å². The van der Waals surface area contributed by atoms with E-state index in [4.69, 9.17) is 10.5 Å². The molecular formula is C35H44N4O7S2. The standard InChI is InChI=1S/C35H44N4O7S2/c1-4-6-17-35(5-2)22-39(25-15-11-8-12-16-25)27-18-29(47-3)28(19-30(27)48(44,45)23-35)46-21-31(41)38-32(24-13-9-7-10-14-24)34(43)37-26(20-40)33(36)42/h7-16,18-19,26,32,40H,4-6,17,20-23H2,1-3H3,(H2,36,42)(H,37,43)(H,38,41). The van der Waals surface area contributed by atoms with Gasteiger partial charge in [-0.3, -0.25) is 14.4 Å². The van der Waals surface area contributed by atoms with Crippen molar-refractivity contribution in [3.8, 4) is 5.75 Å². The Morgan fingerprint density at radius 2 is 1.71 bits per heavy atom. The Hall–Kier alpha value is -4.07. The van der Waals surface area contributed by atoms with Gasteiger partial charge in [-0.2, -0.15) is 0 Å². The molecule has 0 saturated carbocycles. The summed E-state index contributed by atoms with van der Waals surface area (Å²) in [6.45, 7) is 3.44. The number of rotatable bonds is 15. The molecule has 0 radical (unpaired) electrons. The van der Waals surface area contributed by atoms with Crippen LogP contribution >= 0.6 is 11.8 Å². The summed E-state index contributed by atoms with van der Waals surface area (Å²) >= 11 is 1.36. The SMILES string of the molecule is CCCCC1(CC)CN(c2ccccc2)c2cc(SC)c(OCC(=O)NC(C(=O)NC(CO)C(N)=O)c3ccccc3)cc2S(=O)(=O)C1. The largest absolute Gasteiger partial charge is 0.483 e. The molecule has 3 atom stereocenters. The molecule has 48 heavy (non-hydrogen) atoms. The van der Waals surface area contributed by atoms with E-state index in [9.17, 15) is 27.9 Å². The molecule has 0 fully saturated rings. The number of para-hydroxylation sites is 1. The quantitative estimate of drug-likeness (QED) is 0.171. The van der Waals surface area contributed by atoms with Crippen LogP contribution in [0.3, 0.4) is 0 Å². The minimum absolute atomic E-state index is 0.0145. The highest BCUT2D eigenvalue weighted by atomic mass is 32.2. The number of hydrogen-bond acceptors (Lipinski definition) is 9. The Morgan fingerprint density at radius 1 is 1.04 bits per heavy atom. The number of carbonyl (C=O) groups is 3. The first-order chi connectivity index (χ1) is 23.0. The van der Waals surface area contributed by atoms with Crippen molar-refractivity contribution in [1.82, 2.24) is 10.6 Å². The summed E-state index contributed by atoms with van der Waals surface area (Å²) in [5.74, 6) is -2.14. The Balaban J connectivity index is 1.66. The molecule has 1 heterocycles. The van der Waals surface area contributed by atoms with E-state index in [0.29, 0.717) is 29.1 Å². The molecule has 5 N–H and O–H groups in total. The first-order valence-electron chi connectivity index (χ1n) is 15.9. The number of fused-ring (bicyclic) bond motifs is 1. The van der Waals surface area contributed by atoms with Crippen molar-refractivity contribution in [2.45, 2.75) is 61.4 Å². The summed E-state index contributed by atoms with van der Waals surface area (Å²) in [4.78, 5) is 40.8. The third kappa shape index (κ3) is 8.69. The molecule has 3 aromatic carbocycles. The van der Waals surface area contributed by atoms with Crippen LogP contribution in [0.1, 0.15) is 51.1 Å². The molecule has 13 heteroatoms. The van der Waals surface area contributed by atoms with E-state index in [0.717, 1.165) is 24.9 Å². The van der Waals surface area contributed by atoms with Crippen LogP contribution in [0.5, 0.6) is 5.75 Å². The third-order valence-electron chi connectivity index (χ3n) is 8.64. The number of unbranched alkanes of at least 4 members (excludes halogenated alkanes) is 1. The lowest BCUT2D eigenvalue weighted by Crippen LogP contribution is -2.51. The molecule has 0 bridgehead atoms. The fraction of sp³-hybridized carbons (Fsp3) is 0.400. The van der Waals surface area contributed by atoms with Gasteiger partial charge < -0.3 is 31.1 Å². The van der Waals surface area contributed by atoms with Gasteiger partial charge in [0.05, 0.1) is 27.8 Å². The molecule has 3 unspecified atom stereocenters. The maximum Gasteiger partial charge on any atom is 0.258 e. The summed E-state index contributed by atoms with van der Waals surface area (Å²) in [6, 6.07) is 18.8. The fourth-order valence-electron chi connectivity index (χ4n) is 5.90. The second kappa shape index (κ2) is 16.4. The Bertz CT molecular complexity index is 1690. The first-order valence-corrected chi connectivity index (χ1v) is 18.8. The van der Waals surface area contributed by atoms with E-state index >= 15 is 0 Å². The number of nitrogens with zero attached hydrogens (tertiary/aromatic N) is 1. The fourth-order valence-corrected chi connectivity index (χ4v) is 8.62. The predicted octanol–water partition coefficient (Wildman–Crippen LogP) is 4.12. The highest BCUT2D eigenvalue weighted by Gasteiger charge is 2.42. The van der Waals surface area contributed by atoms with Gasteiger partial charge in [-0.1, -0.05) is 75.2 Å². The molecule has 0 aromatic heterocycles. The van der Waals surface area contributed by atoms with Crippen molar-refractivity contribution in [3.05, 3.63) is 78.4 Å². The van der Waals surface area contributed by atoms with Gasteiger partial charge in [0.15, 0.2) is 16.4 Å². The van der Waals surface area contributed by atoms with Crippen molar-refractivity contribution in [3.63, 3.8) is 0 Å². The summed E-state index contributed by atoms with van der Waals surface area (Å²) < 4.78 is 34.3. The number of primary amides is 1. The van der Waals surface area contributed by atoms with Crippen LogP contribution in [0, 0.1) is 5.41 Å². The summed E-state index contributed by atoms with van der Waals surface area (Å²) in [7, 11) is -3.79. The van der Waals surface area contributed by atoms with Crippen molar-refractivity contribution in [2.75, 3.05) is 36.7 Å². The summed E-state index contributed by atoms with van der Waals surface area (Å²) in [6.07, 6.45) is 5.17. The number of anilines is 2. The average molecular weight is 697 g/mol. The van der Waals surface area contributed by atoms with Crippen molar-refractivity contribution in [2.24, 2.45) is 11.1 Å². The number of amides is 3. The average Bonchev–Trinajstić information content (AvgIpc) is 3.19. The van der Waals surface area contributed by atoms with Crippen molar-refractivity contribution in [1.29, 1.82) is 0 Å². The number of carbonyl (C=O) groups excluding carboxylic acids is 3. The third-order valence-corrected chi connectivity index (χ3v) is 11.4. The van der Waals surface area contributed by atoms with Crippen molar-refractivity contribution >= 4 is 50.7 Å². The zero-order valence-electron chi connectivity index (χ0n) is 27.5. The Kier molecular flexibility index (Phi) is 12.5. The molecule has 3 amide bonds. The minimum atomic E-state index is -3.79. The normalized spacial score (nSPS) is 18.1. The van der Waals surface area contributed by atoms with Gasteiger partial charge in [0.1, 0.15) is 17.8 Å². The molecule has 4 rings (SSSR count). The topological polar surface area (TPSA) is 168 Å². The maximum atomic E-state index is 14.2. The molecular weight excluding hydrogens is 653 g/mol. The maximum absolute atomic E-state index is 14.2. The van der Waals surface area contributed by atoms with E-state index in [1.165, 1.54) is 17.8 Å². The summed E-state index contributed by atoms with van der Waals surface area (Å²) in [5.41, 5.74) is 6.67. The van der Waals surface area contributed by atoms with Gasteiger partial charge in [-0.05, 0) is 42.9 Å². The van der Waals surface area contributed by atoms with E-state index in [-0.39, 0.29) is 16.4 Å². The second-order valence-corrected chi connectivity index (χ2v) is 14.8. The number of hydrogen-bond donors (Lipinski definition) is 4. The number of benzene rings is 3. The van der Waals surface area contributed by atoms with Crippen LogP contribution in [0.4, 0.5) is 11.4 Å². The lowest BCUT2D eigenvalue weighted by atomic mass is 9.81. The lowest BCUT2D eigenvalue weighted by Gasteiger charge is -2.36. The van der Waals surface area contributed by atoms with Crippen LogP contribution in [-0.4, -0.2) is 69.1 Å². The van der Waals surface area contributed by atoms with Gasteiger partial charge in [0.2, 0.25) is 11.8 Å². The molecule has 1 aliphatic heterocycles. The van der Waals surface area contributed by atoms with Crippen LogP contribution in [0.2, 0.25) is 0 Å². The predicted molar refractivity (Wildman–Crippen MR) is 187 cm³/mol. The number of sulfone groups is 1. The number of thioether (sulfide) groups is 1. The zero-order valence-corrected chi connectivity index (χ0v) is 29.1. The molecule has 1 aliphatic rings. The van der Waals surface area contributed by atoms with E-state index in [1.807, 2.05) is 49.6 Å². The van der Waals surface area contributed by atoms with Crippen LogP contribution in [0.15, 0.2) is 82.6 Å². The number of ether oxygens (including phenoxy) is 1. The zero-order chi connectivity index (χ0) is 34.9. The number of nitrogens with two attached hydrogens (primary N) is 1. The smallest absolute Gasteiger partial charge is 0.258 e. The van der Waals surface area contributed by atoms with Gasteiger partial charge in [0.25, 0.3) is 5.91 Å². The molecule has 258 valence electrons. The lowest BCUT2D eigenvalue weighted by molar-refractivity contribution is -0.132. The molecule has 11 nitrogen and oxygen atoms in total. The number of nitrogens with one attached hydrogen (secondary N) is 2. The Morgan fingerprint density at radius 3 is 2.29 bits per heavy atom. The second-order valence-electron chi connectivity index (χ2n) is 12.0. The first kappa shape index (κ1) is 36.8. The molecule has 0 aliphatic carbocycles. The minimum Gasteiger partial charge on any atom is -0.483 e. The number of aliphatic hydroxyl groups excluding tert-OH is 1. The Labute approximate surface area is 286 Å². The number of aliphatic hydroxyl groups is 1. The molecule has 0 spiro atoms. The summed E-state index contributed by atoms with van der Waals surface area (Å²) in [5, 5.41) is 14.4. The van der Waals surface area contributed by atoms with Gasteiger partial charge in [0, 0.05) is 23.7 Å².